The highest BCUT2D eigenvalue weighted by Gasteiger charge is 2.09. The first-order valence-corrected chi connectivity index (χ1v) is 7.01. The Labute approximate surface area is 121 Å². The molecule has 0 radical (unpaired) electrons. The Kier molecular flexibility index (Phi) is 4.73. The molecular formula is C13H16FN5S. The van der Waals surface area contributed by atoms with Crippen molar-refractivity contribution in [3.63, 3.8) is 0 Å². The third-order valence-corrected chi connectivity index (χ3v) is 3.23. The molecule has 0 spiro atoms. The van der Waals surface area contributed by atoms with Crippen LogP contribution in [-0.2, 0) is 0 Å². The zero-order valence-corrected chi connectivity index (χ0v) is 12.4. The minimum atomic E-state index is -0.257. The van der Waals surface area contributed by atoms with Gasteiger partial charge in [-0.05, 0) is 43.0 Å². The molecule has 2 aromatic rings. The van der Waals surface area contributed by atoms with Gasteiger partial charge in [0.15, 0.2) is 5.16 Å². The number of aromatic nitrogens is 3. The zero-order valence-electron chi connectivity index (χ0n) is 11.6. The molecule has 0 bridgehead atoms. The van der Waals surface area contributed by atoms with Crippen molar-refractivity contribution in [1.82, 2.24) is 15.0 Å². The number of hydrogen-bond donors (Lipinski definition) is 1. The van der Waals surface area contributed by atoms with Crippen LogP contribution in [0.5, 0.6) is 0 Å². The summed E-state index contributed by atoms with van der Waals surface area (Å²) < 4.78 is 12.9. The summed E-state index contributed by atoms with van der Waals surface area (Å²) >= 11 is 1.37. The summed E-state index contributed by atoms with van der Waals surface area (Å²) in [4.78, 5) is 15.7. The maximum Gasteiger partial charge on any atom is 0.230 e. The van der Waals surface area contributed by atoms with E-state index in [1.807, 2.05) is 25.9 Å². The Balaban J connectivity index is 2.27. The molecule has 106 valence electrons. The van der Waals surface area contributed by atoms with Crippen LogP contribution in [0.25, 0.3) is 0 Å². The molecule has 0 aliphatic carbocycles. The summed E-state index contributed by atoms with van der Waals surface area (Å²) in [5.41, 5.74) is 0. The van der Waals surface area contributed by atoms with E-state index >= 15 is 0 Å². The first-order chi connectivity index (χ1) is 9.58. The maximum absolute atomic E-state index is 12.9. The van der Waals surface area contributed by atoms with E-state index in [1.165, 1.54) is 23.9 Å². The van der Waals surface area contributed by atoms with E-state index in [4.69, 9.17) is 0 Å². The minimum Gasteiger partial charge on any atom is -0.354 e. The number of hydrogen-bond acceptors (Lipinski definition) is 6. The molecule has 1 aromatic heterocycles. The van der Waals surface area contributed by atoms with Crippen LogP contribution in [0.1, 0.15) is 6.92 Å². The van der Waals surface area contributed by atoms with Crippen LogP contribution in [0.4, 0.5) is 16.3 Å². The molecular weight excluding hydrogens is 277 g/mol. The Morgan fingerprint density at radius 2 is 1.85 bits per heavy atom. The van der Waals surface area contributed by atoms with E-state index in [9.17, 15) is 4.39 Å². The first kappa shape index (κ1) is 14.5. The zero-order chi connectivity index (χ0) is 14.5. The molecule has 7 heteroatoms. The van der Waals surface area contributed by atoms with Crippen molar-refractivity contribution in [2.75, 3.05) is 30.9 Å². The molecule has 0 atom stereocenters. The van der Waals surface area contributed by atoms with E-state index in [0.29, 0.717) is 17.1 Å². The number of anilines is 2. The van der Waals surface area contributed by atoms with Gasteiger partial charge < -0.3 is 10.2 Å². The third-order valence-electron chi connectivity index (χ3n) is 2.36. The van der Waals surface area contributed by atoms with Crippen LogP contribution >= 0.6 is 11.8 Å². The highest BCUT2D eigenvalue weighted by Crippen LogP contribution is 2.26. The Morgan fingerprint density at radius 3 is 2.45 bits per heavy atom. The highest BCUT2D eigenvalue weighted by molar-refractivity contribution is 7.99. The monoisotopic (exact) mass is 293 g/mol. The minimum absolute atomic E-state index is 0.257. The Bertz CT molecular complexity index is 573. The smallest absolute Gasteiger partial charge is 0.230 e. The number of nitrogens with one attached hydrogen (secondary N) is 1. The fourth-order valence-electron chi connectivity index (χ4n) is 1.44. The van der Waals surface area contributed by atoms with Crippen molar-refractivity contribution in [1.29, 1.82) is 0 Å². The number of rotatable bonds is 5. The fraction of sp³-hybridized carbons (Fsp3) is 0.308. The Hall–Kier alpha value is -1.89. The maximum atomic E-state index is 12.9. The molecule has 0 unspecified atom stereocenters. The lowest BCUT2D eigenvalue weighted by Gasteiger charge is -2.12. The topological polar surface area (TPSA) is 53.9 Å². The van der Waals surface area contributed by atoms with Crippen molar-refractivity contribution in [3.05, 3.63) is 30.1 Å². The van der Waals surface area contributed by atoms with Gasteiger partial charge in [-0.25, -0.2) is 4.39 Å². The van der Waals surface area contributed by atoms with Gasteiger partial charge in [0, 0.05) is 25.5 Å². The molecule has 0 saturated heterocycles. The molecule has 1 N–H and O–H groups in total. The number of halogens is 1. The average molecular weight is 293 g/mol. The van der Waals surface area contributed by atoms with E-state index in [0.717, 1.165) is 11.4 Å². The normalized spacial score (nSPS) is 10.4. The summed E-state index contributed by atoms with van der Waals surface area (Å²) in [7, 11) is 3.74. The lowest BCUT2D eigenvalue weighted by molar-refractivity contribution is 0.626. The average Bonchev–Trinajstić information content (AvgIpc) is 2.41. The van der Waals surface area contributed by atoms with Crippen LogP contribution in [0.2, 0.25) is 0 Å². The van der Waals surface area contributed by atoms with Crippen molar-refractivity contribution < 1.29 is 4.39 Å². The SMILES string of the molecule is CCNc1nc(Sc2ccc(F)cc2)nc(N(C)C)n1. The quantitative estimate of drug-likeness (QED) is 0.914. The molecule has 0 aliphatic rings. The molecule has 1 aromatic carbocycles. The van der Waals surface area contributed by atoms with Gasteiger partial charge in [-0.15, -0.1) is 0 Å². The van der Waals surface area contributed by atoms with Gasteiger partial charge >= 0.3 is 0 Å². The lowest BCUT2D eigenvalue weighted by Crippen LogP contribution is -2.15. The summed E-state index contributed by atoms with van der Waals surface area (Å²) in [6.45, 7) is 2.71. The van der Waals surface area contributed by atoms with Gasteiger partial charge in [0.05, 0.1) is 0 Å². The van der Waals surface area contributed by atoms with Crippen LogP contribution in [-0.4, -0.2) is 35.6 Å². The summed E-state index contributed by atoms with van der Waals surface area (Å²) in [6, 6.07) is 6.24. The molecule has 2 rings (SSSR count). The molecule has 5 nitrogen and oxygen atoms in total. The number of benzene rings is 1. The van der Waals surface area contributed by atoms with Gasteiger partial charge in [0.25, 0.3) is 0 Å². The molecule has 0 aliphatic heterocycles. The number of nitrogens with zero attached hydrogens (tertiary/aromatic N) is 4. The molecule has 20 heavy (non-hydrogen) atoms. The standard InChI is InChI=1S/C13H16FN5S/c1-4-15-11-16-12(19(2)3)18-13(17-11)20-10-7-5-9(14)6-8-10/h5-8H,4H2,1-3H3,(H,15,16,17,18). The van der Waals surface area contributed by atoms with Crippen molar-refractivity contribution >= 4 is 23.7 Å². The predicted octanol–water partition coefficient (Wildman–Crippen LogP) is 2.66. The van der Waals surface area contributed by atoms with Crippen LogP contribution in [0.15, 0.2) is 34.3 Å². The van der Waals surface area contributed by atoms with E-state index < -0.39 is 0 Å². The second-order valence-corrected chi connectivity index (χ2v) is 5.26. The van der Waals surface area contributed by atoms with Crippen molar-refractivity contribution in [2.45, 2.75) is 17.0 Å². The lowest BCUT2D eigenvalue weighted by atomic mass is 10.4. The summed E-state index contributed by atoms with van der Waals surface area (Å²) in [5, 5.41) is 3.65. The van der Waals surface area contributed by atoms with E-state index in [2.05, 4.69) is 20.3 Å². The van der Waals surface area contributed by atoms with Crippen LogP contribution in [0.3, 0.4) is 0 Å². The van der Waals surface area contributed by atoms with Crippen LogP contribution in [0, 0.1) is 5.82 Å². The second kappa shape index (κ2) is 6.51. The van der Waals surface area contributed by atoms with Gasteiger partial charge in [0.2, 0.25) is 11.9 Å². The summed E-state index contributed by atoms with van der Waals surface area (Å²) in [6.07, 6.45) is 0. The second-order valence-electron chi connectivity index (χ2n) is 4.22. The molecule has 0 fully saturated rings. The summed E-state index contributed by atoms with van der Waals surface area (Å²) in [5.74, 6) is 0.865. The van der Waals surface area contributed by atoms with Gasteiger partial charge in [-0.1, -0.05) is 0 Å². The molecule has 0 saturated carbocycles. The first-order valence-electron chi connectivity index (χ1n) is 6.19. The highest BCUT2D eigenvalue weighted by atomic mass is 32.2. The predicted molar refractivity (Wildman–Crippen MR) is 78.8 cm³/mol. The van der Waals surface area contributed by atoms with E-state index in [1.54, 1.807) is 12.1 Å². The van der Waals surface area contributed by atoms with Gasteiger partial charge in [-0.2, -0.15) is 15.0 Å². The van der Waals surface area contributed by atoms with Crippen molar-refractivity contribution in [3.8, 4) is 0 Å². The fourth-order valence-corrected chi connectivity index (χ4v) is 2.18. The molecule has 1 heterocycles. The van der Waals surface area contributed by atoms with Gasteiger partial charge in [0.1, 0.15) is 5.82 Å². The van der Waals surface area contributed by atoms with E-state index in [-0.39, 0.29) is 5.82 Å². The van der Waals surface area contributed by atoms with Crippen LogP contribution < -0.4 is 10.2 Å². The Morgan fingerprint density at radius 1 is 1.15 bits per heavy atom. The largest absolute Gasteiger partial charge is 0.354 e. The van der Waals surface area contributed by atoms with Crippen molar-refractivity contribution in [2.24, 2.45) is 0 Å². The van der Waals surface area contributed by atoms with Gasteiger partial charge in [-0.3, -0.25) is 0 Å². The third kappa shape index (κ3) is 3.80. The molecule has 0 amide bonds.